The molecule has 6 rings (SSSR count). The molecule has 8 bridgehead atoms. The van der Waals surface area contributed by atoms with Crippen LogP contribution < -0.4 is 5.32 Å². The van der Waals surface area contributed by atoms with E-state index >= 15 is 0 Å². The van der Waals surface area contributed by atoms with Crippen LogP contribution in [0.1, 0.15) is 73.6 Å². The fourth-order valence-corrected chi connectivity index (χ4v) is 7.82. The smallest absolute Gasteiger partial charge is 0.303 e. The van der Waals surface area contributed by atoms with Crippen LogP contribution in [-0.2, 0) is 4.79 Å². The van der Waals surface area contributed by atoms with Gasteiger partial charge in [-0.05, 0) is 96.0 Å². The number of fused-ring (bicyclic) bond motifs is 5. The summed E-state index contributed by atoms with van der Waals surface area (Å²) >= 11 is 3.92. The molecule has 0 aromatic rings. The monoisotopic (exact) mass is 614 g/mol. The fourth-order valence-electron chi connectivity index (χ4n) is 6.98. The summed E-state index contributed by atoms with van der Waals surface area (Å²) in [6.07, 6.45) is 6.74. The number of nitrogens with one attached hydrogen (secondary N) is 1. The number of nitrogens with zero attached hydrogens (tertiary/aromatic N) is 3. The molecule has 1 fully saturated rings. The van der Waals surface area contributed by atoms with Crippen LogP contribution in [0.2, 0.25) is 0 Å². The highest BCUT2D eigenvalue weighted by Crippen LogP contribution is 2.47. The molecule has 1 saturated heterocycles. The highest BCUT2D eigenvalue weighted by Gasteiger charge is 2.42. The molecule has 0 radical (unpaired) electrons. The van der Waals surface area contributed by atoms with Gasteiger partial charge in [-0.1, -0.05) is 20.8 Å². The molecule has 0 unspecified atom stereocenters. The van der Waals surface area contributed by atoms with Crippen LogP contribution in [0.4, 0.5) is 0 Å². The topological polar surface area (TPSA) is 107 Å². The first kappa shape index (κ1) is 27.6. The van der Waals surface area contributed by atoms with Gasteiger partial charge < -0.3 is 15.5 Å². The number of aliphatic carboxylic acids is 1. The fraction of sp³-hybridized carbons (Fsp3) is 0.394. The normalized spacial score (nSPS) is 25.4. The number of carboxylic acids is 1. The number of allylic oxidation sites excluding steroid dienone is 12. The van der Waals surface area contributed by atoms with Gasteiger partial charge in [0.15, 0.2) is 0 Å². The van der Waals surface area contributed by atoms with E-state index in [1.54, 1.807) is 0 Å². The zero-order valence-corrected chi connectivity index (χ0v) is 26.0. The Morgan fingerprint density at radius 2 is 1.66 bits per heavy atom. The second-order valence-corrected chi connectivity index (χ2v) is 12.3. The molecule has 5 aliphatic heterocycles. The highest BCUT2D eigenvalue weighted by atomic mass is 79.9. The average molecular weight is 616 g/mol. The van der Waals surface area contributed by atoms with Crippen molar-refractivity contribution >= 4 is 39.0 Å². The highest BCUT2D eigenvalue weighted by molar-refractivity contribution is 9.12. The Kier molecular flexibility index (Phi) is 6.80. The minimum Gasteiger partial charge on any atom is -0.511 e. The Labute approximate surface area is 249 Å². The number of aliphatic hydroxyl groups is 1. The van der Waals surface area contributed by atoms with Gasteiger partial charge in [0.2, 0.25) is 0 Å². The predicted molar refractivity (Wildman–Crippen MR) is 167 cm³/mol. The Morgan fingerprint density at radius 1 is 0.976 bits per heavy atom. The van der Waals surface area contributed by atoms with Crippen molar-refractivity contribution in [1.29, 1.82) is 0 Å². The molecule has 0 spiro atoms. The first-order chi connectivity index (χ1) is 19.5. The molecule has 0 amide bonds. The van der Waals surface area contributed by atoms with Gasteiger partial charge in [0, 0.05) is 47.2 Å². The number of carboxylic acid groups (broad SMARTS) is 1. The van der Waals surface area contributed by atoms with E-state index < -0.39 is 5.97 Å². The zero-order chi connectivity index (χ0) is 29.3. The molecule has 2 atom stereocenters. The minimum absolute atomic E-state index is 0.0111. The summed E-state index contributed by atoms with van der Waals surface area (Å²) in [7, 11) is 0. The zero-order valence-electron chi connectivity index (χ0n) is 24.4. The van der Waals surface area contributed by atoms with Crippen molar-refractivity contribution in [3.63, 3.8) is 0 Å². The molecule has 5 heterocycles. The van der Waals surface area contributed by atoms with E-state index in [0.717, 1.165) is 90.8 Å². The maximum Gasteiger partial charge on any atom is 0.303 e. The number of carbonyl (C=O) groups is 1. The van der Waals surface area contributed by atoms with Crippen molar-refractivity contribution in [1.82, 2.24) is 5.32 Å². The van der Waals surface area contributed by atoms with Gasteiger partial charge in [-0.3, -0.25) is 4.79 Å². The van der Waals surface area contributed by atoms with Gasteiger partial charge in [0.05, 0.1) is 38.7 Å². The summed E-state index contributed by atoms with van der Waals surface area (Å²) in [5.74, 6) is -0.570. The number of hydrogen-bond acceptors (Lipinski definition) is 6. The van der Waals surface area contributed by atoms with Crippen LogP contribution in [0.25, 0.3) is 0 Å². The van der Waals surface area contributed by atoms with Crippen molar-refractivity contribution in [2.45, 2.75) is 73.6 Å². The quantitative estimate of drug-likeness (QED) is 0.295. The molecular weight excluding hydrogens is 580 g/mol. The Morgan fingerprint density at radius 3 is 2.34 bits per heavy atom. The lowest BCUT2D eigenvalue weighted by molar-refractivity contribution is -0.137. The van der Waals surface area contributed by atoms with E-state index in [-0.39, 0.29) is 18.3 Å². The Bertz CT molecular complexity index is 1680. The van der Waals surface area contributed by atoms with Crippen LogP contribution in [0.5, 0.6) is 0 Å². The summed E-state index contributed by atoms with van der Waals surface area (Å²) in [4.78, 5) is 26.9. The van der Waals surface area contributed by atoms with Crippen LogP contribution in [-0.4, -0.2) is 33.3 Å². The molecular formula is C33H35BrN4O3. The third-order valence-corrected chi connectivity index (χ3v) is 10.1. The van der Waals surface area contributed by atoms with Gasteiger partial charge in [-0.25, -0.2) is 15.0 Å². The lowest BCUT2D eigenvalue weighted by atomic mass is 9.86. The molecule has 0 aromatic heterocycles. The molecule has 7 nitrogen and oxygen atoms in total. The van der Waals surface area contributed by atoms with Gasteiger partial charge in [0.25, 0.3) is 0 Å². The number of aliphatic hydroxyl groups excluding tert-OH is 1. The van der Waals surface area contributed by atoms with Crippen LogP contribution >= 0.6 is 15.9 Å². The number of hydrogen-bond donors (Lipinski definition) is 3. The van der Waals surface area contributed by atoms with Gasteiger partial charge in [-0.2, -0.15) is 0 Å². The standard InChI is InChI=1S/C33H35BrN4O3/c1-7-18-14(3)22-12-25-19(8-2)15(4)30(37-25)29(34)31-16(5)20(9-10-27(40)41)32(38-31)21-11-26(39)28-17(6)23(36-33(21)28)13-24(18)35-22/h12-13,16,20,38-39H,7-11H2,1-6H3,(H,40,41)/t16-,20-/m0/s1. The van der Waals surface area contributed by atoms with E-state index in [1.807, 2.05) is 13.0 Å². The van der Waals surface area contributed by atoms with Crippen molar-refractivity contribution in [2.75, 3.05) is 0 Å². The van der Waals surface area contributed by atoms with Gasteiger partial charge in [0.1, 0.15) is 5.76 Å². The largest absolute Gasteiger partial charge is 0.511 e. The molecule has 8 heteroatoms. The lowest BCUT2D eigenvalue weighted by Gasteiger charge is -2.17. The van der Waals surface area contributed by atoms with Crippen molar-refractivity contribution in [2.24, 2.45) is 26.8 Å². The molecule has 212 valence electrons. The molecule has 6 aliphatic rings. The second kappa shape index (κ2) is 10.1. The average Bonchev–Trinajstić information content (AvgIpc) is 3.68. The van der Waals surface area contributed by atoms with Crippen molar-refractivity contribution in [3.8, 4) is 0 Å². The van der Waals surface area contributed by atoms with Crippen LogP contribution in [0.15, 0.2) is 105 Å². The second-order valence-electron chi connectivity index (χ2n) is 11.5. The van der Waals surface area contributed by atoms with E-state index in [4.69, 9.17) is 15.0 Å². The van der Waals surface area contributed by atoms with Crippen molar-refractivity contribution in [3.05, 3.63) is 89.9 Å². The Hall–Kier alpha value is -3.52. The maximum atomic E-state index is 11.6. The van der Waals surface area contributed by atoms with E-state index in [1.165, 1.54) is 11.1 Å². The van der Waals surface area contributed by atoms with E-state index in [0.29, 0.717) is 18.6 Å². The summed E-state index contributed by atoms with van der Waals surface area (Å²) in [5, 5.41) is 24.4. The number of halogens is 1. The number of aliphatic imine (C=N–C) groups is 3. The summed E-state index contributed by atoms with van der Waals surface area (Å²) in [6.45, 7) is 12.7. The Balaban J connectivity index is 1.64. The molecule has 0 saturated carbocycles. The third kappa shape index (κ3) is 4.21. The molecule has 41 heavy (non-hydrogen) atoms. The van der Waals surface area contributed by atoms with Crippen LogP contribution in [0.3, 0.4) is 0 Å². The molecule has 1 aliphatic carbocycles. The van der Waals surface area contributed by atoms with E-state index in [9.17, 15) is 15.0 Å². The lowest BCUT2D eigenvalue weighted by Crippen LogP contribution is -2.15. The van der Waals surface area contributed by atoms with E-state index in [2.05, 4.69) is 61.9 Å². The predicted octanol–water partition coefficient (Wildman–Crippen LogP) is 7.66. The first-order valence-electron chi connectivity index (χ1n) is 14.4. The SMILES string of the molecule is CCC1=C(C)C2=NC1=CC1=C(C)C3=C(O)CC(=C4NC(=C(Br)C5=NC(=C2)C(CC)=C5C)[C@@H](C)[C@@H]4CCC(=O)O)C3=N1. The summed E-state index contributed by atoms with van der Waals surface area (Å²) in [6, 6.07) is 0. The van der Waals surface area contributed by atoms with Gasteiger partial charge >= 0.3 is 5.97 Å². The van der Waals surface area contributed by atoms with Gasteiger partial charge in [-0.15, -0.1) is 0 Å². The third-order valence-electron chi connectivity index (χ3n) is 9.27. The first-order valence-corrected chi connectivity index (χ1v) is 15.2. The molecule has 3 N–H and O–H groups in total. The summed E-state index contributed by atoms with van der Waals surface area (Å²) in [5.41, 5.74) is 14.4. The maximum absolute atomic E-state index is 11.6. The molecule has 0 aromatic carbocycles. The summed E-state index contributed by atoms with van der Waals surface area (Å²) < 4.78 is 0.883. The van der Waals surface area contributed by atoms with Crippen molar-refractivity contribution < 1.29 is 15.0 Å². The number of rotatable bonds is 5. The minimum atomic E-state index is -0.818. The van der Waals surface area contributed by atoms with Crippen LogP contribution in [0, 0.1) is 11.8 Å².